The standard InChI is InChI=1S/C19H21NO3.C13H17NO2/c21-14-18(15-7-3-1-4-8-15)20-12-11-17(13-20)23-19(22)16-9-5-2-6-10-16;15-10-11-6-7-14(8-11)9-13(16)12-4-2-1-3-5-12/h1-10,17-18,21H,11-14H2;1-5,10-11,13,16H,6-9H2. The number of hydrogen-bond acceptors (Lipinski definition) is 7. The van der Waals surface area contributed by atoms with Gasteiger partial charge in [0.2, 0.25) is 0 Å². The van der Waals surface area contributed by atoms with E-state index in [1.807, 2.05) is 78.9 Å². The number of nitrogens with zero attached hydrogens (tertiary/aromatic N) is 2. The first-order valence-corrected chi connectivity index (χ1v) is 13.6. The number of hydrogen-bond donors (Lipinski definition) is 2. The monoisotopic (exact) mass is 530 g/mol. The predicted molar refractivity (Wildman–Crippen MR) is 150 cm³/mol. The first-order chi connectivity index (χ1) is 19.1. The molecular weight excluding hydrogens is 492 g/mol. The molecule has 0 radical (unpaired) electrons. The van der Waals surface area contributed by atoms with Crippen molar-refractivity contribution in [2.75, 3.05) is 39.3 Å². The summed E-state index contributed by atoms with van der Waals surface area (Å²) in [4.78, 5) is 27.1. The highest BCUT2D eigenvalue weighted by Gasteiger charge is 2.31. The molecule has 2 fully saturated rings. The lowest BCUT2D eigenvalue weighted by molar-refractivity contribution is -0.110. The lowest BCUT2D eigenvalue weighted by atomic mass is 10.1. The first-order valence-electron chi connectivity index (χ1n) is 13.6. The van der Waals surface area contributed by atoms with Crippen LogP contribution in [0, 0.1) is 5.92 Å². The summed E-state index contributed by atoms with van der Waals surface area (Å²) in [6.45, 7) is 3.84. The van der Waals surface area contributed by atoms with Crippen LogP contribution in [0.25, 0.3) is 0 Å². The highest BCUT2D eigenvalue weighted by molar-refractivity contribution is 5.89. The second-order valence-corrected chi connectivity index (χ2v) is 10.2. The highest BCUT2D eigenvalue weighted by atomic mass is 16.5. The molecule has 4 atom stereocenters. The van der Waals surface area contributed by atoms with E-state index in [-0.39, 0.29) is 30.6 Å². The van der Waals surface area contributed by atoms with Gasteiger partial charge < -0.3 is 19.7 Å². The maximum atomic E-state index is 12.1. The third kappa shape index (κ3) is 8.31. The molecule has 4 unspecified atom stereocenters. The van der Waals surface area contributed by atoms with Crippen molar-refractivity contribution < 1.29 is 24.5 Å². The number of benzene rings is 3. The maximum absolute atomic E-state index is 12.1. The second-order valence-electron chi connectivity index (χ2n) is 10.2. The number of carbonyl (C=O) groups is 2. The minimum absolute atomic E-state index is 0.0448. The summed E-state index contributed by atoms with van der Waals surface area (Å²) in [5, 5.41) is 19.7. The highest BCUT2D eigenvalue weighted by Crippen LogP contribution is 2.26. The van der Waals surface area contributed by atoms with E-state index in [4.69, 9.17) is 4.74 Å². The molecule has 0 aliphatic carbocycles. The molecule has 2 heterocycles. The fraction of sp³-hybridized carbons (Fsp3) is 0.375. The summed E-state index contributed by atoms with van der Waals surface area (Å²) in [6.07, 6.45) is 2.16. The van der Waals surface area contributed by atoms with Gasteiger partial charge in [-0.25, -0.2) is 4.79 Å². The number of aliphatic hydroxyl groups excluding tert-OH is 2. The van der Waals surface area contributed by atoms with E-state index in [0.29, 0.717) is 18.7 Å². The van der Waals surface area contributed by atoms with E-state index in [1.54, 1.807) is 12.1 Å². The van der Waals surface area contributed by atoms with Crippen LogP contribution in [-0.4, -0.2) is 77.7 Å². The number of aliphatic hydroxyl groups is 2. The number of aldehydes is 1. The van der Waals surface area contributed by atoms with Crippen LogP contribution in [0.3, 0.4) is 0 Å². The molecule has 0 spiro atoms. The summed E-state index contributed by atoms with van der Waals surface area (Å²) in [6, 6.07) is 28.6. The molecule has 0 bridgehead atoms. The molecule has 3 aromatic carbocycles. The van der Waals surface area contributed by atoms with Gasteiger partial charge in [0.15, 0.2) is 0 Å². The minimum Gasteiger partial charge on any atom is -0.457 e. The van der Waals surface area contributed by atoms with E-state index < -0.39 is 6.10 Å². The van der Waals surface area contributed by atoms with Gasteiger partial charge in [-0.2, -0.15) is 0 Å². The van der Waals surface area contributed by atoms with Crippen LogP contribution in [0.1, 0.15) is 46.5 Å². The third-order valence-electron chi connectivity index (χ3n) is 7.37. The number of esters is 1. The van der Waals surface area contributed by atoms with Gasteiger partial charge in [0.05, 0.1) is 24.3 Å². The average molecular weight is 531 g/mol. The molecule has 39 heavy (non-hydrogen) atoms. The van der Waals surface area contributed by atoms with Crippen molar-refractivity contribution >= 4 is 12.3 Å². The Hall–Kier alpha value is -3.36. The van der Waals surface area contributed by atoms with E-state index >= 15 is 0 Å². The van der Waals surface area contributed by atoms with Crippen LogP contribution in [-0.2, 0) is 9.53 Å². The summed E-state index contributed by atoms with van der Waals surface area (Å²) >= 11 is 0. The lowest BCUT2D eigenvalue weighted by Gasteiger charge is -2.26. The fourth-order valence-corrected chi connectivity index (χ4v) is 5.20. The van der Waals surface area contributed by atoms with Crippen molar-refractivity contribution in [1.29, 1.82) is 0 Å². The van der Waals surface area contributed by atoms with Crippen LogP contribution < -0.4 is 0 Å². The summed E-state index contributed by atoms with van der Waals surface area (Å²) in [5.41, 5.74) is 2.61. The topological polar surface area (TPSA) is 90.3 Å². The molecule has 2 aliphatic rings. The van der Waals surface area contributed by atoms with Crippen molar-refractivity contribution in [3.63, 3.8) is 0 Å². The Morgan fingerprint density at radius 3 is 2.08 bits per heavy atom. The smallest absolute Gasteiger partial charge is 0.338 e. The van der Waals surface area contributed by atoms with Crippen molar-refractivity contribution in [3.05, 3.63) is 108 Å². The summed E-state index contributed by atoms with van der Waals surface area (Å²) in [5.74, 6) is -0.124. The van der Waals surface area contributed by atoms with Crippen molar-refractivity contribution in [2.45, 2.75) is 31.1 Å². The quantitative estimate of drug-likeness (QED) is 0.320. The number of rotatable bonds is 9. The Kier molecular flexibility index (Phi) is 10.8. The Labute approximate surface area is 230 Å². The van der Waals surface area contributed by atoms with Gasteiger partial charge in [0.1, 0.15) is 12.4 Å². The van der Waals surface area contributed by atoms with Crippen LogP contribution >= 0.6 is 0 Å². The van der Waals surface area contributed by atoms with Crippen LogP contribution in [0.15, 0.2) is 91.0 Å². The van der Waals surface area contributed by atoms with Crippen LogP contribution in [0.2, 0.25) is 0 Å². The molecule has 0 aromatic heterocycles. The van der Waals surface area contributed by atoms with Crippen molar-refractivity contribution in [3.8, 4) is 0 Å². The summed E-state index contributed by atoms with van der Waals surface area (Å²) < 4.78 is 5.60. The molecule has 3 aromatic rings. The number of ether oxygens (including phenoxy) is 1. The lowest BCUT2D eigenvalue weighted by Crippen LogP contribution is -2.31. The third-order valence-corrected chi connectivity index (χ3v) is 7.37. The van der Waals surface area contributed by atoms with Gasteiger partial charge in [-0.1, -0.05) is 78.9 Å². The maximum Gasteiger partial charge on any atom is 0.338 e. The van der Waals surface area contributed by atoms with Gasteiger partial charge in [-0.3, -0.25) is 9.80 Å². The molecule has 7 nitrogen and oxygen atoms in total. The van der Waals surface area contributed by atoms with E-state index in [9.17, 15) is 19.8 Å². The normalized spacial score (nSPS) is 21.0. The minimum atomic E-state index is -0.452. The van der Waals surface area contributed by atoms with Crippen molar-refractivity contribution in [1.82, 2.24) is 9.80 Å². The van der Waals surface area contributed by atoms with Crippen LogP contribution in [0.5, 0.6) is 0 Å². The Bertz CT molecular complexity index is 1140. The van der Waals surface area contributed by atoms with E-state index in [2.05, 4.69) is 9.80 Å². The first kappa shape index (κ1) is 28.6. The zero-order chi connectivity index (χ0) is 27.5. The number of β-amino-alcohol motifs (C(OH)–C–C–N with tert-alkyl or cyclic N) is 1. The molecule has 2 aliphatic heterocycles. The van der Waals surface area contributed by atoms with Crippen molar-refractivity contribution in [2.24, 2.45) is 5.92 Å². The SMILES string of the molecule is O=C(OC1CCN(C(CO)c2ccccc2)C1)c1ccccc1.O=CC1CCN(CC(O)c2ccccc2)C1. The fourth-order valence-electron chi connectivity index (χ4n) is 5.20. The van der Waals surface area contributed by atoms with Gasteiger partial charge in [-0.15, -0.1) is 0 Å². The van der Waals surface area contributed by atoms with Gasteiger partial charge in [-0.05, 0) is 42.6 Å². The zero-order valence-electron chi connectivity index (χ0n) is 22.2. The molecule has 2 N–H and O–H groups in total. The zero-order valence-corrected chi connectivity index (χ0v) is 22.2. The van der Waals surface area contributed by atoms with Crippen LogP contribution in [0.4, 0.5) is 0 Å². The molecule has 5 rings (SSSR count). The van der Waals surface area contributed by atoms with Gasteiger partial charge in [0, 0.05) is 32.1 Å². The molecule has 0 saturated carbocycles. The van der Waals surface area contributed by atoms with Gasteiger partial charge >= 0.3 is 5.97 Å². The Morgan fingerprint density at radius 2 is 1.49 bits per heavy atom. The molecule has 0 amide bonds. The molecule has 7 heteroatoms. The Balaban J connectivity index is 0.000000193. The van der Waals surface area contributed by atoms with E-state index in [1.165, 1.54) is 0 Å². The molecular formula is C32H38N2O5. The predicted octanol–water partition coefficient (Wildman–Crippen LogP) is 3.89. The molecule has 206 valence electrons. The molecule has 2 saturated heterocycles. The van der Waals surface area contributed by atoms with E-state index in [0.717, 1.165) is 49.9 Å². The number of carbonyl (C=O) groups excluding carboxylic acids is 2. The summed E-state index contributed by atoms with van der Waals surface area (Å²) in [7, 11) is 0. The Morgan fingerprint density at radius 1 is 0.872 bits per heavy atom. The second kappa shape index (κ2) is 14.7. The van der Waals surface area contributed by atoms with Gasteiger partial charge in [0.25, 0.3) is 0 Å². The largest absolute Gasteiger partial charge is 0.457 e. The average Bonchev–Trinajstić information content (AvgIpc) is 3.65. The number of likely N-dealkylation sites (tertiary alicyclic amines) is 2.